The summed E-state index contributed by atoms with van der Waals surface area (Å²) in [5, 5.41) is 0. The number of methoxy groups -OCH3 is 3. The highest BCUT2D eigenvalue weighted by Crippen LogP contribution is 2.38. The van der Waals surface area contributed by atoms with Crippen molar-refractivity contribution >= 4 is 33.8 Å². The standard InChI is InChI=1S/C23H24BrNO5/c1-15(2)23(27)25(14-17-7-6-8-18(24)11-17)21(26)10-9-16-12-19(28-3)22(30-5)20(13-16)29-4/h6-13H,1,14H2,2-5H3/b10-9+. The maximum absolute atomic E-state index is 12.9. The second-order valence-electron chi connectivity index (χ2n) is 6.43. The average Bonchev–Trinajstić information content (AvgIpc) is 2.74. The third kappa shape index (κ3) is 5.73. The SMILES string of the molecule is C=C(C)C(=O)N(Cc1cccc(Br)c1)C(=O)/C=C/c1cc(OC)c(OC)c(OC)c1. The first-order valence-corrected chi connectivity index (χ1v) is 9.83. The number of carbonyl (C=O) groups is 2. The minimum atomic E-state index is -0.461. The van der Waals surface area contributed by atoms with E-state index in [-0.39, 0.29) is 12.1 Å². The van der Waals surface area contributed by atoms with Crippen LogP contribution in [-0.4, -0.2) is 38.0 Å². The molecule has 0 unspecified atom stereocenters. The zero-order chi connectivity index (χ0) is 22.3. The minimum Gasteiger partial charge on any atom is -0.493 e. The number of amides is 2. The first-order chi connectivity index (χ1) is 14.3. The van der Waals surface area contributed by atoms with Gasteiger partial charge in [-0.3, -0.25) is 14.5 Å². The van der Waals surface area contributed by atoms with Crippen molar-refractivity contribution in [2.75, 3.05) is 21.3 Å². The normalized spacial score (nSPS) is 10.6. The monoisotopic (exact) mass is 473 g/mol. The average molecular weight is 474 g/mol. The molecule has 2 aromatic rings. The van der Waals surface area contributed by atoms with Crippen LogP contribution >= 0.6 is 15.9 Å². The molecule has 0 bridgehead atoms. The number of carbonyl (C=O) groups excluding carboxylic acids is 2. The van der Waals surface area contributed by atoms with E-state index in [9.17, 15) is 9.59 Å². The molecule has 0 atom stereocenters. The van der Waals surface area contributed by atoms with E-state index in [1.54, 1.807) is 25.1 Å². The van der Waals surface area contributed by atoms with Crippen molar-refractivity contribution < 1.29 is 23.8 Å². The lowest BCUT2D eigenvalue weighted by Crippen LogP contribution is -2.35. The third-order valence-corrected chi connectivity index (χ3v) is 4.70. The largest absolute Gasteiger partial charge is 0.493 e. The summed E-state index contributed by atoms with van der Waals surface area (Å²) in [5.74, 6) is 0.490. The van der Waals surface area contributed by atoms with Gasteiger partial charge in [-0.1, -0.05) is 34.6 Å². The number of ether oxygens (including phenoxy) is 3. The summed E-state index contributed by atoms with van der Waals surface area (Å²) in [7, 11) is 4.55. The number of nitrogens with zero attached hydrogens (tertiary/aromatic N) is 1. The highest BCUT2D eigenvalue weighted by Gasteiger charge is 2.21. The Labute approximate surface area is 184 Å². The molecule has 2 rings (SSSR count). The van der Waals surface area contributed by atoms with Crippen LogP contribution in [0.15, 0.2) is 59.1 Å². The molecule has 158 valence electrons. The van der Waals surface area contributed by atoms with Crippen LogP contribution in [0.4, 0.5) is 0 Å². The molecule has 0 heterocycles. The van der Waals surface area contributed by atoms with Gasteiger partial charge in [-0.05, 0) is 48.4 Å². The Bertz CT molecular complexity index is 958. The summed E-state index contributed by atoms with van der Waals surface area (Å²) in [6.45, 7) is 5.38. The van der Waals surface area contributed by atoms with Crippen molar-refractivity contribution in [3.8, 4) is 17.2 Å². The fourth-order valence-electron chi connectivity index (χ4n) is 2.75. The van der Waals surface area contributed by atoms with Crippen LogP contribution < -0.4 is 14.2 Å². The van der Waals surface area contributed by atoms with Crippen molar-refractivity contribution in [3.63, 3.8) is 0 Å². The topological polar surface area (TPSA) is 65.1 Å². The number of rotatable bonds is 8. The summed E-state index contributed by atoms with van der Waals surface area (Å²) >= 11 is 3.40. The molecule has 2 amide bonds. The summed E-state index contributed by atoms with van der Waals surface area (Å²) in [5.41, 5.74) is 1.75. The molecule has 0 aromatic heterocycles. The Kier molecular flexibility index (Phi) is 8.24. The van der Waals surface area contributed by atoms with Crippen LogP contribution in [0.2, 0.25) is 0 Å². The van der Waals surface area contributed by atoms with Gasteiger partial charge in [0.25, 0.3) is 11.8 Å². The molecule has 30 heavy (non-hydrogen) atoms. The molecule has 0 aliphatic carbocycles. The molecule has 0 spiro atoms. The highest BCUT2D eigenvalue weighted by molar-refractivity contribution is 9.10. The molecule has 7 heteroatoms. The maximum Gasteiger partial charge on any atom is 0.256 e. The molecule has 0 N–H and O–H groups in total. The molecule has 2 aromatic carbocycles. The van der Waals surface area contributed by atoms with Gasteiger partial charge in [0.2, 0.25) is 5.75 Å². The van der Waals surface area contributed by atoms with E-state index in [0.717, 1.165) is 14.9 Å². The number of hydrogen-bond donors (Lipinski definition) is 0. The van der Waals surface area contributed by atoms with Crippen LogP contribution in [0.25, 0.3) is 6.08 Å². The predicted molar refractivity (Wildman–Crippen MR) is 120 cm³/mol. The van der Waals surface area contributed by atoms with E-state index in [0.29, 0.717) is 22.8 Å². The van der Waals surface area contributed by atoms with Crippen molar-refractivity contribution in [2.24, 2.45) is 0 Å². The Hall–Kier alpha value is -3.06. The summed E-state index contributed by atoms with van der Waals surface area (Å²) in [6, 6.07) is 10.9. The number of hydrogen-bond acceptors (Lipinski definition) is 5. The van der Waals surface area contributed by atoms with Gasteiger partial charge in [0, 0.05) is 16.1 Å². The Morgan fingerprint density at radius 2 is 1.70 bits per heavy atom. The second kappa shape index (κ2) is 10.6. The molecule has 0 radical (unpaired) electrons. The smallest absolute Gasteiger partial charge is 0.256 e. The highest BCUT2D eigenvalue weighted by atomic mass is 79.9. The molecule has 0 fully saturated rings. The zero-order valence-corrected chi connectivity index (χ0v) is 19.0. The first-order valence-electron chi connectivity index (χ1n) is 9.04. The Morgan fingerprint density at radius 1 is 1.07 bits per heavy atom. The Morgan fingerprint density at radius 3 is 2.20 bits per heavy atom. The van der Waals surface area contributed by atoms with E-state index in [2.05, 4.69) is 22.5 Å². The van der Waals surface area contributed by atoms with Gasteiger partial charge in [0.1, 0.15) is 0 Å². The van der Waals surface area contributed by atoms with Gasteiger partial charge in [0.15, 0.2) is 11.5 Å². The predicted octanol–water partition coefficient (Wildman–Crippen LogP) is 4.62. The third-order valence-electron chi connectivity index (χ3n) is 4.21. The molecule has 0 saturated carbocycles. The molecule has 6 nitrogen and oxygen atoms in total. The van der Waals surface area contributed by atoms with Crippen LogP contribution in [-0.2, 0) is 16.1 Å². The molecular weight excluding hydrogens is 450 g/mol. The van der Waals surface area contributed by atoms with Crippen molar-refractivity contribution in [1.29, 1.82) is 0 Å². The van der Waals surface area contributed by atoms with Crippen LogP contribution in [0.5, 0.6) is 17.2 Å². The van der Waals surface area contributed by atoms with Gasteiger partial charge in [-0.2, -0.15) is 0 Å². The lowest BCUT2D eigenvalue weighted by Gasteiger charge is -2.20. The lowest BCUT2D eigenvalue weighted by atomic mass is 10.1. The van der Waals surface area contributed by atoms with E-state index < -0.39 is 11.8 Å². The Balaban J connectivity index is 2.33. The quantitative estimate of drug-likeness (QED) is 0.523. The van der Waals surface area contributed by atoms with Gasteiger partial charge in [-0.15, -0.1) is 0 Å². The number of benzene rings is 2. The summed E-state index contributed by atoms with van der Waals surface area (Å²) < 4.78 is 16.8. The van der Waals surface area contributed by atoms with E-state index >= 15 is 0 Å². The fourth-order valence-corrected chi connectivity index (χ4v) is 3.20. The number of imide groups is 1. The van der Waals surface area contributed by atoms with Crippen LogP contribution in [0.3, 0.4) is 0 Å². The van der Waals surface area contributed by atoms with Crippen molar-refractivity contribution in [2.45, 2.75) is 13.5 Å². The summed E-state index contributed by atoms with van der Waals surface area (Å²) in [6.07, 6.45) is 2.92. The van der Waals surface area contributed by atoms with Gasteiger partial charge >= 0.3 is 0 Å². The lowest BCUT2D eigenvalue weighted by molar-refractivity contribution is -0.140. The first kappa shape index (κ1) is 23.2. The van der Waals surface area contributed by atoms with Gasteiger partial charge in [0.05, 0.1) is 27.9 Å². The molecular formula is C23H24BrNO5. The van der Waals surface area contributed by atoms with Crippen molar-refractivity contribution in [3.05, 3.63) is 70.2 Å². The summed E-state index contributed by atoms with van der Waals surface area (Å²) in [4.78, 5) is 26.6. The second-order valence-corrected chi connectivity index (χ2v) is 7.35. The van der Waals surface area contributed by atoms with E-state index in [4.69, 9.17) is 14.2 Å². The number of halogens is 1. The molecule has 0 aliphatic heterocycles. The minimum absolute atomic E-state index is 0.129. The fraction of sp³-hybridized carbons (Fsp3) is 0.217. The molecule has 0 saturated heterocycles. The molecule has 0 aliphatic rings. The van der Waals surface area contributed by atoms with Gasteiger partial charge < -0.3 is 14.2 Å². The van der Waals surface area contributed by atoms with E-state index in [1.807, 2.05) is 24.3 Å². The van der Waals surface area contributed by atoms with E-state index in [1.165, 1.54) is 27.4 Å². The zero-order valence-electron chi connectivity index (χ0n) is 17.4. The van der Waals surface area contributed by atoms with Crippen LogP contribution in [0, 0.1) is 0 Å². The van der Waals surface area contributed by atoms with Gasteiger partial charge in [-0.25, -0.2) is 0 Å². The van der Waals surface area contributed by atoms with Crippen LogP contribution in [0.1, 0.15) is 18.1 Å². The maximum atomic E-state index is 12.9. The van der Waals surface area contributed by atoms with Crippen molar-refractivity contribution in [1.82, 2.24) is 4.90 Å².